The second-order valence-corrected chi connectivity index (χ2v) is 5.39. The largest absolute Gasteiger partial charge is 0.399 e. The van der Waals surface area contributed by atoms with Gasteiger partial charge in [-0.3, -0.25) is 0 Å². The molecule has 1 saturated carbocycles. The maximum absolute atomic E-state index is 14.5. The predicted molar refractivity (Wildman–Crippen MR) is 72.1 cm³/mol. The first kappa shape index (κ1) is 13.3. The van der Waals surface area contributed by atoms with Gasteiger partial charge in [0.1, 0.15) is 0 Å². The third-order valence-corrected chi connectivity index (χ3v) is 3.65. The molecule has 0 radical (unpaired) electrons. The van der Waals surface area contributed by atoms with E-state index in [2.05, 4.69) is 0 Å². The van der Waals surface area contributed by atoms with E-state index in [9.17, 15) is 4.39 Å². The lowest BCUT2D eigenvalue weighted by molar-refractivity contribution is -0.0359. The lowest BCUT2D eigenvalue weighted by Crippen LogP contribution is -2.27. The number of hydrogen-bond donors (Lipinski definition) is 1. The Morgan fingerprint density at radius 1 is 1.22 bits per heavy atom. The second kappa shape index (κ2) is 5.70. The lowest BCUT2D eigenvalue weighted by atomic mass is 9.96. The van der Waals surface area contributed by atoms with Gasteiger partial charge in [-0.25, -0.2) is 4.39 Å². The van der Waals surface area contributed by atoms with Crippen molar-refractivity contribution in [2.45, 2.75) is 50.8 Å². The van der Waals surface area contributed by atoms with Gasteiger partial charge in [0.25, 0.3) is 0 Å². The van der Waals surface area contributed by atoms with Gasteiger partial charge in [-0.1, -0.05) is 31.4 Å². The van der Waals surface area contributed by atoms with Gasteiger partial charge in [0.15, 0.2) is 5.67 Å². The zero-order chi connectivity index (χ0) is 13.0. The molecule has 2 nitrogen and oxygen atoms in total. The number of alkyl halides is 1. The predicted octanol–water partition coefficient (Wildman–Crippen LogP) is 3.80. The van der Waals surface area contributed by atoms with Crippen LogP contribution >= 0.6 is 0 Å². The number of halogens is 1. The first-order chi connectivity index (χ1) is 8.58. The zero-order valence-electron chi connectivity index (χ0n) is 11.0. The van der Waals surface area contributed by atoms with Gasteiger partial charge in [-0.15, -0.1) is 0 Å². The second-order valence-electron chi connectivity index (χ2n) is 5.39. The fraction of sp³-hybridized carbons (Fsp3) is 0.600. The van der Waals surface area contributed by atoms with Crippen molar-refractivity contribution in [1.29, 1.82) is 0 Å². The first-order valence-corrected chi connectivity index (χ1v) is 6.74. The summed E-state index contributed by atoms with van der Waals surface area (Å²) in [6.07, 6.45) is 6.06. The molecule has 0 aliphatic heterocycles. The summed E-state index contributed by atoms with van der Waals surface area (Å²) >= 11 is 0. The lowest BCUT2D eigenvalue weighted by Gasteiger charge is -2.27. The fourth-order valence-electron chi connectivity index (χ4n) is 2.42. The van der Waals surface area contributed by atoms with Crippen LogP contribution in [0.5, 0.6) is 0 Å². The van der Waals surface area contributed by atoms with Crippen molar-refractivity contribution in [2.24, 2.45) is 0 Å². The molecule has 0 amide bonds. The number of hydrogen-bond acceptors (Lipinski definition) is 2. The average Bonchev–Trinajstić information content (AvgIpc) is 2.38. The monoisotopic (exact) mass is 251 g/mol. The van der Waals surface area contributed by atoms with Crippen molar-refractivity contribution in [1.82, 2.24) is 0 Å². The fourth-order valence-corrected chi connectivity index (χ4v) is 2.42. The van der Waals surface area contributed by atoms with Crippen LogP contribution in [0.1, 0.15) is 44.6 Å². The highest BCUT2D eigenvalue weighted by molar-refractivity contribution is 5.40. The Kier molecular flexibility index (Phi) is 4.23. The van der Waals surface area contributed by atoms with Crippen molar-refractivity contribution in [3.63, 3.8) is 0 Å². The molecule has 0 bridgehead atoms. The summed E-state index contributed by atoms with van der Waals surface area (Å²) in [4.78, 5) is 0. The molecule has 1 atom stereocenters. The van der Waals surface area contributed by atoms with Gasteiger partial charge in [0.05, 0.1) is 12.7 Å². The normalized spacial score (nSPS) is 20.6. The molecule has 1 aliphatic rings. The molecule has 1 aromatic rings. The molecule has 1 aliphatic carbocycles. The summed E-state index contributed by atoms with van der Waals surface area (Å²) in [6.45, 7) is 1.70. The maximum atomic E-state index is 14.5. The summed E-state index contributed by atoms with van der Waals surface area (Å²) in [6, 6.07) is 6.93. The minimum atomic E-state index is -1.44. The molecule has 1 aromatic carbocycles. The number of anilines is 1. The highest BCUT2D eigenvalue weighted by Gasteiger charge is 2.28. The minimum absolute atomic E-state index is 0.127. The number of nitrogens with two attached hydrogens (primary N) is 1. The Morgan fingerprint density at radius 3 is 2.44 bits per heavy atom. The van der Waals surface area contributed by atoms with E-state index in [4.69, 9.17) is 10.5 Å². The van der Waals surface area contributed by atoms with Gasteiger partial charge in [-0.2, -0.15) is 0 Å². The van der Waals surface area contributed by atoms with E-state index < -0.39 is 5.67 Å². The number of ether oxygens (including phenoxy) is 1. The van der Waals surface area contributed by atoms with Crippen LogP contribution in [-0.4, -0.2) is 12.7 Å². The van der Waals surface area contributed by atoms with E-state index in [-0.39, 0.29) is 12.7 Å². The Hall–Kier alpha value is -1.09. The van der Waals surface area contributed by atoms with E-state index in [0.717, 1.165) is 12.8 Å². The van der Waals surface area contributed by atoms with Crippen molar-refractivity contribution in [2.75, 3.05) is 12.3 Å². The molecular weight excluding hydrogens is 229 g/mol. The van der Waals surface area contributed by atoms with Gasteiger partial charge < -0.3 is 10.5 Å². The molecule has 3 heteroatoms. The molecule has 1 unspecified atom stereocenters. The van der Waals surface area contributed by atoms with E-state index in [1.165, 1.54) is 19.3 Å². The minimum Gasteiger partial charge on any atom is -0.399 e. The number of rotatable bonds is 4. The topological polar surface area (TPSA) is 35.2 Å². The van der Waals surface area contributed by atoms with Gasteiger partial charge >= 0.3 is 0 Å². The van der Waals surface area contributed by atoms with Crippen LogP contribution < -0.4 is 5.73 Å². The van der Waals surface area contributed by atoms with E-state index in [1.807, 2.05) is 0 Å². The van der Waals surface area contributed by atoms with Gasteiger partial charge in [0.2, 0.25) is 0 Å². The molecule has 0 aromatic heterocycles. The van der Waals surface area contributed by atoms with Crippen LogP contribution in [0.3, 0.4) is 0 Å². The third kappa shape index (κ3) is 3.45. The number of nitrogen functional groups attached to an aromatic ring is 1. The van der Waals surface area contributed by atoms with E-state index >= 15 is 0 Å². The van der Waals surface area contributed by atoms with Crippen LogP contribution in [0.2, 0.25) is 0 Å². The molecule has 1 fully saturated rings. The average molecular weight is 251 g/mol. The SMILES string of the molecule is CC(F)(COC1CCCCC1)c1ccc(N)cc1. The first-order valence-electron chi connectivity index (χ1n) is 6.74. The smallest absolute Gasteiger partial charge is 0.156 e. The maximum Gasteiger partial charge on any atom is 0.156 e. The molecule has 0 heterocycles. The van der Waals surface area contributed by atoms with Crippen molar-refractivity contribution < 1.29 is 9.13 Å². The summed E-state index contributed by atoms with van der Waals surface area (Å²) < 4.78 is 20.3. The summed E-state index contributed by atoms with van der Waals surface area (Å²) in [5.74, 6) is 0. The summed E-state index contributed by atoms with van der Waals surface area (Å²) in [7, 11) is 0. The Bertz CT molecular complexity index is 369. The highest BCUT2D eigenvalue weighted by atomic mass is 19.1. The van der Waals surface area contributed by atoms with Crippen molar-refractivity contribution in [3.8, 4) is 0 Å². The molecular formula is C15H22FNO. The highest BCUT2D eigenvalue weighted by Crippen LogP contribution is 2.29. The molecule has 18 heavy (non-hydrogen) atoms. The molecule has 2 N–H and O–H groups in total. The van der Waals surface area contributed by atoms with Crippen molar-refractivity contribution >= 4 is 5.69 Å². The molecule has 0 spiro atoms. The standard InChI is InChI=1S/C15H22FNO/c1-15(16,12-7-9-13(17)10-8-12)11-18-14-5-3-2-4-6-14/h7-10,14H,2-6,11,17H2,1H3. The third-order valence-electron chi connectivity index (χ3n) is 3.65. The van der Waals surface area contributed by atoms with Crippen LogP contribution in [0.4, 0.5) is 10.1 Å². The van der Waals surface area contributed by atoms with E-state index in [0.29, 0.717) is 11.3 Å². The van der Waals surface area contributed by atoms with Gasteiger partial charge in [-0.05, 0) is 37.5 Å². The Labute approximate surface area is 108 Å². The molecule has 0 saturated heterocycles. The quantitative estimate of drug-likeness (QED) is 0.826. The van der Waals surface area contributed by atoms with Gasteiger partial charge in [0, 0.05) is 5.69 Å². The summed E-state index contributed by atoms with van der Waals surface area (Å²) in [5, 5.41) is 0. The number of benzene rings is 1. The Morgan fingerprint density at radius 2 is 1.83 bits per heavy atom. The van der Waals surface area contributed by atoms with Crippen LogP contribution in [0.15, 0.2) is 24.3 Å². The molecule has 2 rings (SSSR count). The summed E-state index contributed by atoms with van der Waals surface area (Å²) in [5.41, 5.74) is 5.46. The van der Waals surface area contributed by atoms with Crippen LogP contribution in [-0.2, 0) is 10.4 Å². The van der Waals surface area contributed by atoms with Crippen molar-refractivity contribution in [3.05, 3.63) is 29.8 Å². The Balaban J connectivity index is 1.91. The van der Waals surface area contributed by atoms with Crippen LogP contribution in [0, 0.1) is 0 Å². The van der Waals surface area contributed by atoms with E-state index in [1.54, 1.807) is 31.2 Å². The zero-order valence-corrected chi connectivity index (χ0v) is 11.0. The van der Waals surface area contributed by atoms with Crippen LogP contribution in [0.25, 0.3) is 0 Å². The molecule has 100 valence electrons.